The van der Waals surface area contributed by atoms with Crippen LogP contribution in [0.2, 0.25) is 0 Å². The first kappa shape index (κ1) is 19.9. The van der Waals surface area contributed by atoms with Crippen LogP contribution >= 0.6 is 0 Å². The number of allylic oxidation sites excluding steroid dienone is 1. The summed E-state index contributed by atoms with van der Waals surface area (Å²) in [5, 5.41) is 0.993. The average Bonchev–Trinajstić information content (AvgIpc) is 3.34. The van der Waals surface area contributed by atoms with Gasteiger partial charge in [-0.3, -0.25) is 4.98 Å². The van der Waals surface area contributed by atoms with Gasteiger partial charge in [-0.05, 0) is 18.2 Å². The number of hydrogen-bond acceptors (Lipinski definition) is 1. The largest absolute Gasteiger partial charge is 1.00 e. The van der Waals surface area contributed by atoms with E-state index in [1.807, 2.05) is 60.9 Å². The first-order valence-electron chi connectivity index (χ1n) is 9.06. The maximum Gasteiger partial charge on any atom is 0.433 e. The molecule has 3 nitrogen and oxygen atoms in total. The highest BCUT2D eigenvalue weighted by atomic mass is 35.5. The Morgan fingerprint density at radius 2 is 1.70 bits per heavy atom. The normalized spacial score (nSPS) is 14.5. The van der Waals surface area contributed by atoms with Gasteiger partial charge in [0.15, 0.2) is 6.21 Å². The van der Waals surface area contributed by atoms with E-state index in [0.29, 0.717) is 5.56 Å². The number of halogens is 4. The summed E-state index contributed by atoms with van der Waals surface area (Å²) in [6, 6.07) is 18.2. The smallest absolute Gasteiger partial charge is 0.433 e. The number of nitrogens with one attached hydrogen (secondary N) is 2. The van der Waals surface area contributed by atoms with Crippen molar-refractivity contribution in [3.8, 4) is 0 Å². The van der Waals surface area contributed by atoms with E-state index in [-0.39, 0.29) is 12.4 Å². The number of nitrogens with zero attached hydrogens (tertiary/aromatic N) is 1. The van der Waals surface area contributed by atoms with Crippen molar-refractivity contribution >= 4 is 34.0 Å². The van der Waals surface area contributed by atoms with Gasteiger partial charge in [-0.15, -0.1) is 0 Å². The Labute approximate surface area is 176 Å². The molecule has 2 aromatic heterocycles. The van der Waals surface area contributed by atoms with Crippen LogP contribution in [0.15, 0.2) is 73.1 Å². The number of hydrogen-bond donors (Lipinski definition) is 2. The number of H-pyrrole nitrogens is 1. The third kappa shape index (κ3) is 3.29. The summed E-state index contributed by atoms with van der Waals surface area (Å²) in [6.07, 6.45) is 0.598. The summed E-state index contributed by atoms with van der Waals surface area (Å²) >= 11 is 0. The minimum absolute atomic E-state index is 0. The molecule has 2 aromatic carbocycles. The van der Waals surface area contributed by atoms with Crippen LogP contribution in [0.5, 0.6) is 0 Å². The van der Waals surface area contributed by atoms with Crippen molar-refractivity contribution in [3.05, 3.63) is 95.4 Å². The Bertz CT molecular complexity index is 1290. The van der Waals surface area contributed by atoms with E-state index in [2.05, 4.69) is 15.0 Å². The lowest BCUT2D eigenvalue weighted by molar-refractivity contribution is -0.342. The number of alkyl halides is 3. The SMILES string of the molecule is FC(F)(F)c1ccc(C(=C2C=[NH+]c3ccccc32)c2c[nH]c3ccccc23)cn1.[Cl-]. The molecule has 0 radical (unpaired) electrons. The Morgan fingerprint density at radius 1 is 0.933 bits per heavy atom. The molecule has 0 saturated carbocycles. The number of para-hydroxylation sites is 2. The maximum absolute atomic E-state index is 13.0. The molecular formula is C23H15ClF3N3. The molecule has 2 N–H and O–H groups in total. The second-order valence-corrected chi connectivity index (χ2v) is 6.80. The molecule has 0 saturated heterocycles. The van der Waals surface area contributed by atoms with E-state index in [1.165, 1.54) is 12.3 Å². The van der Waals surface area contributed by atoms with Crippen LogP contribution in [-0.2, 0) is 6.18 Å². The van der Waals surface area contributed by atoms with Crippen LogP contribution in [0.25, 0.3) is 22.0 Å². The monoisotopic (exact) mass is 425 g/mol. The van der Waals surface area contributed by atoms with E-state index < -0.39 is 11.9 Å². The molecule has 30 heavy (non-hydrogen) atoms. The standard InChI is InChI=1S/C23H14F3N3.ClH/c24-23(25,26)21-10-9-14(11-29-21)22(17-12-27-19-7-3-1-5-15(17)19)18-13-28-20-8-4-2-6-16(18)20;/h1-13,27H;1H. The van der Waals surface area contributed by atoms with Gasteiger partial charge in [0.1, 0.15) is 5.69 Å². The van der Waals surface area contributed by atoms with Crippen LogP contribution in [0.3, 0.4) is 0 Å². The quantitative estimate of drug-likeness (QED) is 0.500. The van der Waals surface area contributed by atoms with Crippen LogP contribution in [0.4, 0.5) is 18.9 Å². The maximum atomic E-state index is 13.0. The third-order valence-corrected chi connectivity index (χ3v) is 5.06. The van der Waals surface area contributed by atoms with Crippen LogP contribution < -0.4 is 17.4 Å². The molecule has 0 fully saturated rings. The Morgan fingerprint density at radius 3 is 2.47 bits per heavy atom. The van der Waals surface area contributed by atoms with Gasteiger partial charge in [0, 0.05) is 46.1 Å². The van der Waals surface area contributed by atoms with Gasteiger partial charge < -0.3 is 17.4 Å². The molecule has 0 amide bonds. The van der Waals surface area contributed by atoms with Crippen LogP contribution in [0.1, 0.15) is 22.4 Å². The summed E-state index contributed by atoms with van der Waals surface area (Å²) in [6.45, 7) is 0. The molecular weight excluding hydrogens is 411 g/mol. The number of fused-ring (bicyclic) bond motifs is 2. The minimum atomic E-state index is -4.47. The minimum Gasteiger partial charge on any atom is -1.00 e. The van der Waals surface area contributed by atoms with Crippen molar-refractivity contribution in [2.45, 2.75) is 6.18 Å². The fraction of sp³-hybridized carbons (Fsp3) is 0.0435. The lowest BCUT2D eigenvalue weighted by atomic mass is 9.91. The summed E-state index contributed by atoms with van der Waals surface area (Å²) < 4.78 is 39.0. The van der Waals surface area contributed by atoms with E-state index in [1.54, 1.807) is 0 Å². The number of rotatable bonds is 2. The zero-order valence-corrected chi connectivity index (χ0v) is 16.2. The average molecular weight is 426 g/mol. The topological polar surface area (TPSA) is 42.6 Å². The number of aromatic nitrogens is 2. The van der Waals surface area contributed by atoms with Crippen molar-refractivity contribution in [1.82, 2.24) is 9.97 Å². The highest BCUT2D eigenvalue weighted by Gasteiger charge is 2.32. The summed E-state index contributed by atoms with van der Waals surface area (Å²) in [5.74, 6) is 0. The summed E-state index contributed by atoms with van der Waals surface area (Å²) in [5.41, 5.74) is 5.26. The van der Waals surface area contributed by atoms with Gasteiger partial charge in [-0.1, -0.05) is 36.4 Å². The van der Waals surface area contributed by atoms with Crippen molar-refractivity contribution < 1.29 is 30.6 Å². The molecule has 0 unspecified atom stereocenters. The van der Waals surface area contributed by atoms with E-state index in [4.69, 9.17) is 0 Å². The third-order valence-electron chi connectivity index (χ3n) is 5.06. The van der Waals surface area contributed by atoms with Crippen molar-refractivity contribution in [2.75, 3.05) is 0 Å². The second-order valence-electron chi connectivity index (χ2n) is 6.80. The molecule has 0 spiro atoms. The summed E-state index contributed by atoms with van der Waals surface area (Å²) in [7, 11) is 0. The fourth-order valence-electron chi connectivity index (χ4n) is 3.72. The van der Waals surface area contributed by atoms with Crippen molar-refractivity contribution in [2.24, 2.45) is 0 Å². The molecule has 150 valence electrons. The number of pyridine rings is 1. The Hall–Kier alpha value is -3.38. The molecule has 3 heterocycles. The second kappa shape index (κ2) is 7.46. The summed E-state index contributed by atoms with van der Waals surface area (Å²) in [4.78, 5) is 10.2. The lowest BCUT2D eigenvalue weighted by Crippen LogP contribution is -3.00. The molecule has 0 aliphatic carbocycles. The predicted molar refractivity (Wildman–Crippen MR) is 107 cm³/mol. The number of aromatic amines is 1. The molecule has 5 rings (SSSR count). The molecule has 4 aromatic rings. The lowest BCUT2D eigenvalue weighted by Gasteiger charge is -2.11. The molecule has 1 aliphatic heterocycles. The molecule has 0 bridgehead atoms. The molecule has 1 aliphatic rings. The zero-order valence-electron chi connectivity index (χ0n) is 15.5. The van der Waals surface area contributed by atoms with Gasteiger partial charge in [-0.25, -0.2) is 4.99 Å². The van der Waals surface area contributed by atoms with Gasteiger partial charge in [0.2, 0.25) is 5.69 Å². The molecule has 0 atom stereocenters. The van der Waals surface area contributed by atoms with E-state index >= 15 is 0 Å². The van der Waals surface area contributed by atoms with Crippen LogP contribution in [-0.4, -0.2) is 16.2 Å². The van der Waals surface area contributed by atoms with Gasteiger partial charge in [-0.2, -0.15) is 13.2 Å². The number of benzene rings is 2. The van der Waals surface area contributed by atoms with E-state index in [0.717, 1.165) is 44.9 Å². The Balaban J connectivity index is 0.00000218. The molecule has 7 heteroatoms. The zero-order chi connectivity index (χ0) is 20.0. The van der Waals surface area contributed by atoms with Gasteiger partial charge >= 0.3 is 6.18 Å². The fourth-order valence-corrected chi connectivity index (χ4v) is 3.72. The predicted octanol–water partition coefficient (Wildman–Crippen LogP) is 1.34. The van der Waals surface area contributed by atoms with Crippen molar-refractivity contribution in [1.29, 1.82) is 0 Å². The van der Waals surface area contributed by atoms with Crippen LogP contribution in [0, 0.1) is 0 Å². The van der Waals surface area contributed by atoms with Crippen molar-refractivity contribution in [3.63, 3.8) is 0 Å². The highest BCUT2D eigenvalue weighted by Crippen LogP contribution is 2.38. The Kier molecular flexibility index (Phi) is 4.95. The van der Waals surface area contributed by atoms with Gasteiger partial charge in [0.25, 0.3) is 0 Å². The first-order chi connectivity index (χ1) is 14.0. The highest BCUT2D eigenvalue weighted by molar-refractivity contribution is 6.24. The van der Waals surface area contributed by atoms with Gasteiger partial charge in [0.05, 0.1) is 11.1 Å². The van der Waals surface area contributed by atoms with E-state index in [9.17, 15) is 13.2 Å². The first-order valence-corrected chi connectivity index (χ1v) is 9.06.